The van der Waals surface area contributed by atoms with Crippen molar-refractivity contribution in [3.63, 3.8) is 0 Å². The summed E-state index contributed by atoms with van der Waals surface area (Å²) < 4.78 is 16.1. The van der Waals surface area contributed by atoms with Gasteiger partial charge in [0, 0.05) is 37.7 Å². The van der Waals surface area contributed by atoms with Crippen LogP contribution < -0.4 is 14.4 Å². The highest BCUT2D eigenvalue weighted by Crippen LogP contribution is 2.32. The Morgan fingerprint density at radius 3 is 2.45 bits per heavy atom. The van der Waals surface area contributed by atoms with Gasteiger partial charge in [-0.15, -0.1) is 0 Å². The fourth-order valence-corrected chi connectivity index (χ4v) is 4.13. The number of nitrogens with zero attached hydrogens (tertiary/aromatic N) is 4. The molecule has 2 aliphatic rings. The Hall–Kier alpha value is -2.77. The van der Waals surface area contributed by atoms with E-state index in [9.17, 15) is 4.79 Å². The summed E-state index contributed by atoms with van der Waals surface area (Å²) in [5.74, 6) is 2.21. The van der Waals surface area contributed by atoms with Crippen molar-refractivity contribution in [3.05, 3.63) is 18.2 Å². The number of carbonyl (C=O) groups excluding carboxylic acids is 1. The predicted molar refractivity (Wildman–Crippen MR) is 108 cm³/mol. The molecule has 0 atom stereocenters. The minimum atomic E-state index is 0.109. The SMILES string of the molecule is COc1ccc(-c2noc(N3CCC(C(=O)N4CCCCC4)CC3)n2)cc1OC. The number of benzene rings is 1. The van der Waals surface area contributed by atoms with E-state index >= 15 is 0 Å². The minimum Gasteiger partial charge on any atom is -0.493 e. The molecule has 8 heteroatoms. The molecule has 0 spiro atoms. The molecule has 29 heavy (non-hydrogen) atoms. The van der Waals surface area contributed by atoms with E-state index in [4.69, 9.17) is 14.0 Å². The van der Waals surface area contributed by atoms with Gasteiger partial charge in [0.25, 0.3) is 0 Å². The number of methoxy groups -OCH3 is 2. The van der Waals surface area contributed by atoms with Crippen molar-refractivity contribution in [2.75, 3.05) is 45.3 Å². The van der Waals surface area contributed by atoms with Crippen LogP contribution in [0.4, 0.5) is 6.01 Å². The van der Waals surface area contributed by atoms with Gasteiger partial charge < -0.3 is 23.8 Å². The number of amides is 1. The van der Waals surface area contributed by atoms with Crippen molar-refractivity contribution in [2.24, 2.45) is 5.92 Å². The van der Waals surface area contributed by atoms with Gasteiger partial charge in [-0.3, -0.25) is 4.79 Å². The molecule has 2 aliphatic heterocycles. The van der Waals surface area contributed by atoms with Gasteiger partial charge in [0.1, 0.15) is 0 Å². The Morgan fingerprint density at radius 1 is 1.03 bits per heavy atom. The largest absolute Gasteiger partial charge is 0.493 e. The summed E-state index contributed by atoms with van der Waals surface area (Å²) in [6.07, 6.45) is 5.14. The molecule has 0 aliphatic carbocycles. The minimum absolute atomic E-state index is 0.109. The van der Waals surface area contributed by atoms with Crippen LogP contribution in [0, 0.1) is 5.92 Å². The Morgan fingerprint density at radius 2 is 1.76 bits per heavy atom. The van der Waals surface area contributed by atoms with Crippen LogP contribution in [0.25, 0.3) is 11.4 Å². The maximum Gasteiger partial charge on any atom is 0.324 e. The predicted octanol–water partition coefficient (Wildman–Crippen LogP) is 2.98. The Labute approximate surface area is 170 Å². The molecule has 1 aromatic carbocycles. The number of anilines is 1. The maximum atomic E-state index is 12.7. The summed E-state index contributed by atoms with van der Waals surface area (Å²) in [4.78, 5) is 21.4. The summed E-state index contributed by atoms with van der Waals surface area (Å²) in [6, 6.07) is 6.02. The topological polar surface area (TPSA) is 80.9 Å². The van der Waals surface area contributed by atoms with E-state index in [0.29, 0.717) is 29.2 Å². The van der Waals surface area contributed by atoms with Crippen LogP contribution in [0.3, 0.4) is 0 Å². The maximum absolute atomic E-state index is 12.7. The lowest BCUT2D eigenvalue weighted by molar-refractivity contribution is -0.137. The smallest absolute Gasteiger partial charge is 0.324 e. The van der Waals surface area contributed by atoms with Crippen LogP contribution in [0.15, 0.2) is 22.7 Å². The molecule has 2 saturated heterocycles. The molecule has 0 radical (unpaired) electrons. The summed E-state index contributed by atoms with van der Waals surface area (Å²) in [6.45, 7) is 3.32. The Balaban J connectivity index is 1.39. The second kappa shape index (κ2) is 8.71. The number of likely N-dealkylation sites (tertiary alicyclic amines) is 1. The van der Waals surface area contributed by atoms with Crippen molar-refractivity contribution in [1.82, 2.24) is 15.0 Å². The second-order valence-electron chi connectivity index (χ2n) is 7.62. The third-order valence-corrected chi connectivity index (χ3v) is 5.84. The molecule has 156 valence electrons. The first kappa shape index (κ1) is 19.5. The Kier molecular flexibility index (Phi) is 5.87. The van der Waals surface area contributed by atoms with Gasteiger partial charge in [0.05, 0.1) is 14.2 Å². The van der Waals surface area contributed by atoms with Crippen LogP contribution in [-0.2, 0) is 4.79 Å². The number of aromatic nitrogens is 2. The lowest BCUT2D eigenvalue weighted by Crippen LogP contribution is -2.44. The lowest BCUT2D eigenvalue weighted by atomic mass is 9.94. The molecular formula is C21H28N4O4. The van der Waals surface area contributed by atoms with Crippen molar-refractivity contribution in [1.29, 1.82) is 0 Å². The number of carbonyl (C=O) groups is 1. The van der Waals surface area contributed by atoms with Gasteiger partial charge in [-0.25, -0.2) is 0 Å². The quantitative estimate of drug-likeness (QED) is 0.763. The molecule has 0 N–H and O–H groups in total. The summed E-state index contributed by atoms with van der Waals surface area (Å²) in [5.41, 5.74) is 0.799. The first-order valence-electron chi connectivity index (χ1n) is 10.3. The van der Waals surface area contributed by atoms with Crippen molar-refractivity contribution in [2.45, 2.75) is 32.1 Å². The summed E-state index contributed by atoms with van der Waals surface area (Å²) in [5, 5.41) is 4.12. The summed E-state index contributed by atoms with van der Waals surface area (Å²) >= 11 is 0. The highest BCUT2D eigenvalue weighted by atomic mass is 16.5. The first-order valence-corrected chi connectivity index (χ1v) is 10.3. The molecule has 1 aromatic heterocycles. The number of hydrogen-bond donors (Lipinski definition) is 0. The van der Waals surface area contributed by atoms with Gasteiger partial charge in [-0.05, 0) is 50.3 Å². The number of hydrogen-bond acceptors (Lipinski definition) is 7. The van der Waals surface area contributed by atoms with Crippen LogP contribution in [0.5, 0.6) is 11.5 Å². The highest BCUT2D eigenvalue weighted by molar-refractivity contribution is 5.79. The van der Waals surface area contributed by atoms with E-state index in [-0.39, 0.29) is 5.92 Å². The zero-order valence-electron chi connectivity index (χ0n) is 17.1. The average Bonchev–Trinajstić information content (AvgIpc) is 3.29. The fraction of sp³-hybridized carbons (Fsp3) is 0.571. The third-order valence-electron chi connectivity index (χ3n) is 5.84. The zero-order valence-corrected chi connectivity index (χ0v) is 17.1. The average molecular weight is 400 g/mol. The van der Waals surface area contributed by atoms with Crippen molar-refractivity contribution in [3.8, 4) is 22.9 Å². The first-order chi connectivity index (χ1) is 14.2. The molecule has 0 saturated carbocycles. The molecule has 0 bridgehead atoms. The number of piperidine rings is 2. The van der Waals surface area contributed by atoms with E-state index in [1.807, 2.05) is 23.1 Å². The van der Waals surface area contributed by atoms with Crippen molar-refractivity contribution < 1.29 is 18.8 Å². The molecule has 3 heterocycles. The molecule has 1 amide bonds. The van der Waals surface area contributed by atoms with E-state index in [2.05, 4.69) is 15.0 Å². The summed E-state index contributed by atoms with van der Waals surface area (Å²) in [7, 11) is 3.20. The van der Waals surface area contributed by atoms with E-state index in [0.717, 1.165) is 57.4 Å². The van der Waals surface area contributed by atoms with Gasteiger partial charge in [-0.2, -0.15) is 4.98 Å². The number of rotatable bonds is 5. The molecule has 0 unspecified atom stereocenters. The van der Waals surface area contributed by atoms with Crippen molar-refractivity contribution >= 4 is 11.9 Å². The van der Waals surface area contributed by atoms with Crippen LogP contribution in [-0.4, -0.2) is 61.3 Å². The molecule has 8 nitrogen and oxygen atoms in total. The highest BCUT2D eigenvalue weighted by Gasteiger charge is 2.30. The van der Waals surface area contributed by atoms with Crippen LogP contribution in [0.1, 0.15) is 32.1 Å². The molecular weight excluding hydrogens is 372 g/mol. The second-order valence-corrected chi connectivity index (χ2v) is 7.62. The number of ether oxygens (including phenoxy) is 2. The van der Waals surface area contributed by atoms with E-state index in [1.54, 1.807) is 14.2 Å². The van der Waals surface area contributed by atoms with Gasteiger partial charge in [0.15, 0.2) is 11.5 Å². The molecule has 2 fully saturated rings. The van der Waals surface area contributed by atoms with Gasteiger partial charge in [-0.1, -0.05) is 5.16 Å². The fourth-order valence-electron chi connectivity index (χ4n) is 4.13. The van der Waals surface area contributed by atoms with Gasteiger partial charge in [0.2, 0.25) is 11.7 Å². The zero-order chi connectivity index (χ0) is 20.2. The monoisotopic (exact) mass is 400 g/mol. The van der Waals surface area contributed by atoms with Gasteiger partial charge >= 0.3 is 6.01 Å². The van der Waals surface area contributed by atoms with Crippen LogP contribution >= 0.6 is 0 Å². The molecule has 4 rings (SSSR count). The van der Waals surface area contributed by atoms with Crippen LogP contribution in [0.2, 0.25) is 0 Å². The van der Waals surface area contributed by atoms with E-state index < -0.39 is 0 Å². The molecule has 2 aromatic rings. The Bertz CT molecular complexity index is 839. The normalized spacial score (nSPS) is 18.0. The third kappa shape index (κ3) is 4.16. The van der Waals surface area contributed by atoms with E-state index in [1.165, 1.54) is 6.42 Å². The lowest BCUT2D eigenvalue weighted by Gasteiger charge is -2.34. The standard InChI is InChI=1S/C21H28N4O4/c1-27-17-7-6-16(14-18(17)28-2)19-22-21(29-23-19)25-12-8-15(9-13-25)20(26)24-10-4-3-5-11-24/h6-7,14-15H,3-5,8-13H2,1-2H3.